The summed E-state index contributed by atoms with van der Waals surface area (Å²) in [6.45, 7) is 7.56. The van der Waals surface area contributed by atoms with Crippen LogP contribution in [-0.2, 0) is 0 Å². The van der Waals surface area contributed by atoms with Crippen molar-refractivity contribution in [3.8, 4) is 45.8 Å². The van der Waals surface area contributed by atoms with Gasteiger partial charge in [-0.2, -0.15) is 10.5 Å². The lowest BCUT2D eigenvalue weighted by Crippen LogP contribution is -1.98. The minimum absolute atomic E-state index is 0.589. The van der Waals surface area contributed by atoms with Crippen LogP contribution in [-0.4, -0.2) is 9.13 Å². The Morgan fingerprint density at radius 3 is 1.84 bits per heavy atom. The summed E-state index contributed by atoms with van der Waals surface area (Å²) < 4.78 is 4.46. The van der Waals surface area contributed by atoms with Gasteiger partial charge in [0, 0.05) is 33.0 Å². The van der Waals surface area contributed by atoms with Crippen LogP contribution < -0.4 is 0 Å². The van der Waals surface area contributed by atoms with Gasteiger partial charge in [-0.25, -0.2) is 4.85 Å². The van der Waals surface area contributed by atoms with E-state index in [0.29, 0.717) is 16.8 Å². The number of nitrogens with zero attached hydrogens (tertiary/aromatic N) is 5. The summed E-state index contributed by atoms with van der Waals surface area (Å²) in [5, 5.41) is 24.2. The molecule has 0 aliphatic rings. The highest BCUT2D eigenvalue weighted by Gasteiger charge is 2.18. The highest BCUT2D eigenvalue weighted by atomic mass is 15.0. The lowest BCUT2D eigenvalue weighted by molar-refractivity contribution is 1.18. The summed E-state index contributed by atoms with van der Waals surface area (Å²) in [5.74, 6) is 0. The molecule has 5 heteroatoms. The topological polar surface area (TPSA) is 61.8 Å². The molecule has 0 atom stereocenters. The third-order valence-corrected chi connectivity index (χ3v) is 9.62. The molecular weight excluding hydrogens is 611 g/mol. The van der Waals surface area contributed by atoms with Gasteiger partial charge in [0.2, 0.25) is 0 Å². The van der Waals surface area contributed by atoms with Crippen molar-refractivity contribution >= 4 is 49.3 Å². The van der Waals surface area contributed by atoms with E-state index < -0.39 is 0 Å². The van der Waals surface area contributed by atoms with Gasteiger partial charge in [0.05, 0.1) is 57.6 Å². The van der Waals surface area contributed by atoms with E-state index in [-0.39, 0.29) is 0 Å². The molecule has 0 saturated heterocycles. The van der Waals surface area contributed by atoms with Gasteiger partial charge in [-0.15, -0.1) is 0 Å². The van der Waals surface area contributed by atoms with Gasteiger partial charge in [-0.05, 0) is 83.2 Å². The second-order valence-corrected chi connectivity index (χ2v) is 12.3. The van der Waals surface area contributed by atoms with Crippen LogP contribution in [0.1, 0.15) is 11.1 Å². The van der Waals surface area contributed by atoms with Crippen LogP contribution in [0.3, 0.4) is 0 Å². The predicted molar refractivity (Wildman–Crippen MR) is 202 cm³/mol. The molecule has 0 amide bonds. The van der Waals surface area contributed by atoms with Crippen molar-refractivity contribution in [3.05, 3.63) is 174 Å². The molecule has 2 heterocycles. The quantitative estimate of drug-likeness (QED) is 0.181. The average molecular weight is 636 g/mol. The predicted octanol–water partition coefficient (Wildman–Crippen LogP) is 11.5. The van der Waals surface area contributed by atoms with Crippen molar-refractivity contribution in [3.63, 3.8) is 0 Å². The van der Waals surface area contributed by atoms with Crippen molar-refractivity contribution in [2.24, 2.45) is 0 Å². The van der Waals surface area contributed by atoms with Crippen LogP contribution in [0.15, 0.2) is 152 Å². The number of benzene rings is 7. The zero-order valence-corrected chi connectivity index (χ0v) is 26.7. The standard InChI is InChI=1S/C45H25N5/c1-48-33-18-23-45-40(26-33)38-10-4-7-13-43(38)50(45)42-12-6-2-8-36(42)35-21-17-31(25-32(35)28-47)30-15-19-34(20-16-30)49-41-11-5-3-9-37(41)39-24-29(27-46)14-22-44(39)49/h2-26H. The second kappa shape index (κ2) is 11.4. The third-order valence-electron chi connectivity index (χ3n) is 9.62. The lowest BCUT2D eigenvalue weighted by Gasteiger charge is -2.16. The minimum Gasteiger partial charge on any atom is -0.309 e. The summed E-state index contributed by atoms with van der Waals surface area (Å²) in [6.07, 6.45) is 0. The first-order valence-electron chi connectivity index (χ1n) is 16.3. The average Bonchev–Trinajstić information content (AvgIpc) is 3.69. The minimum atomic E-state index is 0.589. The molecule has 0 aliphatic heterocycles. The van der Waals surface area contributed by atoms with Gasteiger partial charge in [0.15, 0.2) is 5.69 Å². The number of nitriles is 2. The fraction of sp³-hybridized carbons (Fsp3) is 0. The Balaban J connectivity index is 1.14. The Kier molecular flexibility index (Phi) is 6.56. The van der Waals surface area contributed by atoms with Gasteiger partial charge in [0.25, 0.3) is 0 Å². The van der Waals surface area contributed by atoms with Crippen molar-refractivity contribution in [1.82, 2.24) is 9.13 Å². The first kappa shape index (κ1) is 28.8. The summed E-state index contributed by atoms with van der Waals surface area (Å²) in [7, 11) is 0. The van der Waals surface area contributed by atoms with E-state index >= 15 is 0 Å². The molecule has 0 spiro atoms. The van der Waals surface area contributed by atoms with Gasteiger partial charge in [-0.3, -0.25) is 0 Å². The molecule has 0 fully saturated rings. The first-order valence-corrected chi connectivity index (χ1v) is 16.3. The maximum atomic E-state index is 10.5. The van der Waals surface area contributed by atoms with Crippen molar-refractivity contribution in [2.75, 3.05) is 0 Å². The van der Waals surface area contributed by atoms with Gasteiger partial charge in [-0.1, -0.05) is 84.9 Å². The number of aromatic nitrogens is 2. The molecule has 2 aromatic heterocycles. The lowest BCUT2D eigenvalue weighted by atomic mass is 9.94. The van der Waals surface area contributed by atoms with Crippen LogP contribution in [0.25, 0.3) is 82.1 Å². The number of para-hydroxylation sites is 3. The van der Waals surface area contributed by atoms with E-state index in [4.69, 9.17) is 6.57 Å². The Hall–Kier alpha value is -7.39. The van der Waals surface area contributed by atoms with E-state index in [1.165, 1.54) is 0 Å². The number of hydrogen-bond acceptors (Lipinski definition) is 2. The molecular formula is C45H25N5. The Morgan fingerprint density at radius 1 is 0.480 bits per heavy atom. The van der Waals surface area contributed by atoms with Crippen molar-refractivity contribution in [1.29, 1.82) is 10.5 Å². The molecule has 0 N–H and O–H groups in total. The van der Waals surface area contributed by atoms with Gasteiger partial charge < -0.3 is 9.13 Å². The van der Waals surface area contributed by atoms with E-state index in [0.717, 1.165) is 77.2 Å². The van der Waals surface area contributed by atoms with Crippen molar-refractivity contribution in [2.45, 2.75) is 0 Å². The molecule has 50 heavy (non-hydrogen) atoms. The molecule has 9 rings (SSSR count). The Morgan fingerprint density at radius 2 is 1.10 bits per heavy atom. The molecule has 230 valence electrons. The maximum absolute atomic E-state index is 10.5. The summed E-state index contributed by atoms with van der Waals surface area (Å²) >= 11 is 0. The molecule has 9 aromatic rings. The number of rotatable bonds is 4. The van der Waals surface area contributed by atoms with Crippen LogP contribution in [0.4, 0.5) is 5.69 Å². The third kappa shape index (κ3) is 4.38. The van der Waals surface area contributed by atoms with Crippen LogP contribution >= 0.6 is 0 Å². The van der Waals surface area contributed by atoms with Gasteiger partial charge in [0.1, 0.15) is 0 Å². The van der Waals surface area contributed by atoms with E-state index in [1.54, 1.807) is 0 Å². The zero-order valence-electron chi connectivity index (χ0n) is 26.7. The van der Waals surface area contributed by atoms with Crippen molar-refractivity contribution < 1.29 is 0 Å². The Bertz CT molecular complexity index is 2960. The largest absolute Gasteiger partial charge is 0.309 e. The fourth-order valence-corrected chi connectivity index (χ4v) is 7.36. The molecule has 0 aliphatic carbocycles. The monoisotopic (exact) mass is 635 g/mol. The van der Waals surface area contributed by atoms with Crippen LogP contribution in [0.5, 0.6) is 0 Å². The van der Waals surface area contributed by atoms with E-state index in [1.807, 2.05) is 84.9 Å². The smallest absolute Gasteiger partial charge is 0.188 e. The highest BCUT2D eigenvalue weighted by Crippen LogP contribution is 2.39. The molecule has 0 unspecified atom stereocenters. The highest BCUT2D eigenvalue weighted by molar-refractivity contribution is 6.11. The SMILES string of the molecule is [C-]#[N+]c1ccc2c(c1)c1ccccc1n2-c1ccccc1-c1ccc(-c2ccc(-n3c4ccccc4c4cc(C#N)ccc43)cc2)cc1C#N. The number of hydrogen-bond donors (Lipinski definition) is 0. The second-order valence-electron chi connectivity index (χ2n) is 12.3. The van der Waals surface area contributed by atoms with Gasteiger partial charge >= 0.3 is 0 Å². The molecule has 0 radical (unpaired) electrons. The summed E-state index contributed by atoms with van der Waals surface area (Å²) in [6, 6.07) is 55.6. The molecule has 5 nitrogen and oxygen atoms in total. The van der Waals surface area contributed by atoms with E-state index in [9.17, 15) is 10.5 Å². The van der Waals surface area contributed by atoms with Crippen LogP contribution in [0, 0.1) is 29.2 Å². The van der Waals surface area contributed by atoms with Crippen LogP contribution in [0.2, 0.25) is 0 Å². The maximum Gasteiger partial charge on any atom is 0.188 e. The van der Waals surface area contributed by atoms with E-state index in [2.05, 4.69) is 92.8 Å². The normalized spacial score (nSPS) is 11.1. The molecule has 0 saturated carbocycles. The fourth-order valence-electron chi connectivity index (χ4n) is 7.36. The molecule has 7 aromatic carbocycles. The molecule has 0 bridgehead atoms. The summed E-state index contributed by atoms with van der Waals surface area (Å²) in [5.41, 5.74) is 11.8. The Labute approximate surface area is 288 Å². The first-order chi connectivity index (χ1) is 24.7. The summed E-state index contributed by atoms with van der Waals surface area (Å²) in [4.78, 5) is 3.67. The zero-order chi connectivity index (χ0) is 33.8. The number of fused-ring (bicyclic) bond motifs is 6.